The molecule has 0 atom stereocenters. The van der Waals surface area contributed by atoms with Gasteiger partial charge in [-0.25, -0.2) is 9.48 Å². The largest absolute Gasteiger partial charge is 0.462 e. The van der Waals surface area contributed by atoms with Gasteiger partial charge in [0.2, 0.25) is 0 Å². The van der Waals surface area contributed by atoms with E-state index < -0.39 is 5.97 Å². The van der Waals surface area contributed by atoms with Gasteiger partial charge >= 0.3 is 5.97 Å². The maximum absolute atomic E-state index is 12.5. The molecule has 0 aliphatic heterocycles. The molecule has 1 N–H and O–H groups in total. The fourth-order valence-corrected chi connectivity index (χ4v) is 2.53. The maximum atomic E-state index is 12.5. The summed E-state index contributed by atoms with van der Waals surface area (Å²) in [5.74, 6) is -0.721. The molecule has 0 radical (unpaired) electrons. The SMILES string of the molecule is CCOC(=O)c1cccc(NC(=O)c2cnn(-c3ccccc3C)c2)c1. The predicted molar refractivity (Wildman–Crippen MR) is 98.7 cm³/mol. The Balaban J connectivity index is 1.76. The molecule has 1 aromatic heterocycles. The van der Waals surface area contributed by atoms with Gasteiger partial charge in [-0.15, -0.1) is 0 Å². The Hall–Kier alpha value is -3.41. The summed E-state index contributed by atoms with van der Waals surface area (Å²) in [6.07, 6.45) is 3.18. The fourth-order valence-electron chi connectivity index (χ4n) is 2.53. The molecule has 0 unspecified atom stereocenters. The van der Waals surface area contributed by atoms with Crippen LogP contribution in [-0.2, 0) is 4.74 Å². The van der Waals surface area contributed by atoms with Crippen molar-refractivity contribution in [2.45, 2.75) is 13.8 Å². The topological polar surface area (TPSA) is 73.2 Å². The molecule has 0 aliphatic carbocycles. The van der Waals surface area contributed by atoms with Crippen molar-refractivity contribution in [3.8, 4) is 5.69 Å². The molecule has 132 valence electrons. The van der Waals surface area contributed by atoms with Gasteiger partial charge in [0.05, 0.1) is 29.6 Å². The second-order valence-electron chi connectivity index (χ2n) is 5.72. The molecule has 0 saturated heterocycles. The number of ether oxygens (including phenoxy) is 1. The first kappa shape index (κ1) is 17.4. The molecule has 1 heterocycles. The third kappa shape index (κ3) is 3.80. The number of nitrogens with zero attached hydrogens (tertiary/aromatic N) is 2. The van der Waals surface area contributed by atoms with E-state index in [1.807, 2.05) is 31.2 Å². The highest BCUT2D eigenvalue weighted by Gasteiger charge is 2.12. The number of aryl methyl sites for hydroxylation is 1. The minimum Gasteiger partial charge on any atom is -0.462 e. The lowest BCUT2D eigenvalue weighted by Crippen LogP contribution is -2.12. The monoisotopic (exact) mass is 349 g/mol. The molecule has 6 nitrogen and oxygen atoms in total. The predicted octanol–water partition coefficient (Wildman–Crippen LogP) is 3.61. The number of carbonyl (C=O) groups excluding carboxylic acids is 2. The van der Waals surface area contributed by atoms with Crippen molar-refractivity contribution in [2.24, 2.45) is 0 Å². The lowest BCUT2D eigenvalue weighted by molar-refractivity contribution is 0.0526. The van der Waals surface area contributed by atoms with Crippen LogP contribution in [0.2, 0.25) is 0 Å². The number of hydrogen-bond donors (Lipinski definition) is 1. The van der Waals surface area contributed by atoms with E-state index in [0.29, 0.717) is 23.4 Å². The number of anilines is 1. The van der Waals surface area contributed by atoms with Gasteiger partial charge in [0.15, 0.2) is 0 Å². The molecule has 26 heavy (non-hydrogen) atoms. The van der Waals surface area contributed by atoms with Gasteiger partial charge in [-0.05, 0) is 43.7 Å². The zero-order valence-electron chi connectivity index (χ0n) is 14.6. The van der Waals surface area contributed by atoms with Gasteiger partial charge in [0.25, 0.3) is 5.91 Å². The van der Waals surface area contributed by atoms with E-state index in [4.69, 9.17) is 4.74 Å². The number of esters is 1. The highest BCUT2D eigenvalue weighted by atomic mass is 16.5. The highest BCUT2D eigenvalue weighted by Crippen LogP contribution is 2.16. The van der Waals surface area contributed by atoms with Crippen LogP contribution in [0, 0.1) is 6.92 Å². The number of amides is 1. The summed E-state index contributed by atoms with van der Waals surface area (Å²) in [5.41, 5.74) is 3.31. The van der Waals surface area contributed by atoms with Crippen LogP contribution in [0.4, 0.5) is 5.69 Å². The van der Waals surface area contributed by atoms with Crippen molar-refractivity contribution in [2.75, 3.05) is 11.9 Å². The fraction of sp³-hybridized carbons (Fsp3) is 0.150. The zero-order chi connectivity index (χ0) is 18.5. The first-order valence-electron chi connectivity index (χ1n) is 8.27. The number of nitrogens with one attached hydrogen (secondary N) is 1. The Morgan fingerprint density at radius 3 is 2.69 bits per heavy atom. The highest BCUT2D eigenvalue weighted by molar-refractivity contribution is 6.04. The van der Waals surface area contributed by atoms with E-state index in [9.17, 15) is 9.59 Å². The Morgan fingerprint density at radius 1 is 1.12 bits per heavy atom. The van der Waals surface area contributed by atoms with Crippen LogP contribution in [0.25, 0.3) is 5.69 Å². The smallest absolute Gasteiger partial charge is 0.338 e. The van der Waals surface area contributed by atoms with Gasteiger partial charge in [0.1, 0.15) is 0 Å². The summed E-state index contributed by atoms with van der Waals surface area (Å²) in [5, 5.41) is 7.04. The van der Waals surface area contributed by atoms with Crippen LogP contribution >= 0.6 is 0 Å². The van der Waals surface area contributed by atoms with Crippen molar-refractivity contribution < 1.29 is 14.3 Å². The van der Waals surface area contributed by atoms with Gasteiger partial charge in [-0.2, -0.15) is 5.10 Å². The lowest BCUT2D eigenvalue weighted by Gasteiger charge is -2.06. The average Bonchev–Trinajstić information content (AvgIpc) is 3.12. The van der Waals surface area contributed by atoms with E-state index >= 15 is 0 Å². The summed E-state index contributed by atoms with van der Waals surface area (Å²) in [7, 11) is 0. The molecule has 1 amide bonds. The summed E-state index contributed by atoms with van der Waals surface area (Å²) in [6.45, 7) is 4.03. The zero-order valence-corrected chi connectivity index (χ0v) is 14.6. The van der Waals surface area contributed by atoms with Crippen LogP contribution in [0.15, 0.2) is 60.9 Å². The first-order valence-corrected chi connectivity index (χ1v) is 8.27. The third-order valence-electron chi connectivity index (χ3n) is 3.84. The van der Waals surface area contributed by atoms with E-state index in [0.717, 1.165) is 11.3 Å². The third-order valence-corrected chi connectivity index (χ3v) is 3.84. The van der Waals surface area contributed by atoms with Crippen molar-refractivity contribution in [1.29, 1.82) is 0 Å². The van der Waals surface area contributed by atoms with Crippen molar-refractivity contribution >= 4 is 17.6 Å². The first-order chi connectivity index (χ1) is 12.6. The van der Waals surface area contributed by atoms with Crippen LogP contribution in [-0.4, -0.2) is 28.3 Å². The number of rotatable bonds is 5. The van der Waals surface area contributed by atoms with Crippen LogP contribution < -0.4 is 5.32 Å². The summed E-state index contributed by atoms with van der Waals surface area (Å²) in [4.78, 5) is 24.3. The molecule has 0 fully saturated rings. The number of aromatic nitrogens is 2. The number of para-hydroxylation sites is 1. The Bertz CT molecular complexity index is 947. The molecular formula is C20H19N3O3. The standard InChI is InChI=1S/C20H19N3O3/c1-3-26-20(25)15-8-6-9-17(11-15)22-19(24)16-12-21-23(13-16)18-10-5-4-7-14(18)2/h4-13H,3H2,1-2H3,(H,22,24). The molecule has 3 aromatic rings. The van der Waals surface area contributed by atoms with Crippen molar-refractivity contribution in [3.63, 3.8) is 0 Å². The molecule has 3 rings (SSSR count). The summed E-state index contributed by atoms with van der Waals surface area (Å²) >= 11 is 0. The van der Waals surface area contributed by atoms with Gasteiger partial charge < -0.3 is 10.1 Å². The Morgan fingerprint density at radius 2 is 1.92 bits per heavy atom. The Kier molecular flexibility index (Phi) is 5.12. The molecule has 6 heteroatoms. The average molecular weight is 349 g/mol. The molecule has 0 spiro atoms. The normalized spacial score (nSPS) is 10.4. The molecule has 2 aromatic carbocycles. The number of hydrogen-bond acceptors (Lipinski definition) is 4. The van der Waals surface area contributed by atoms with Crippen LogP contribution in [0.3, 0.4) is 0 Å². The van der Waals surface area contributed by atoms with Crippen LogP contribution in [0.5, 0.6) is 0 Å². The number of carbonyl (C=O) groups is 2. The van der Waals surface area contributed by atoms with E-state index in [1.54, 1.807) is 42.1 Å². The van der Waals surface area contributed by atoms with E-state index in [-0.39, 0.29) is 5.91 Å². The second-order valence-corrected chi connectivity index (χ2v) is 5.72. The van der Waals surface area contributed by atoms with Gasteiger partial charge in [-0.3, -0.25) is 4.79 Å². The van der Waals surface area contributed by atoms with E-state index in [2.05, 4.69) is 10.4 Å². The Labute approximate surface area is 151 Å². The number of benzene rings is 2. The minimum atomic E-state index is -0.420. The second kappa shape index (κ2) is 7.65. The lowest BCUT2D eigenvalue weighted by atomic mass is 10.2. The van der Waals surface area contributed by atoms with Gasteiger partial charge in [0, 0.05) is 11.9 Å². The molecule has 0 aliphatic rings. The molecule has 0 saturated carbocycles. The quantitative estimate of drug-likeness (QED) is 0.714. The van der Waals surface area contributed by atoms with Crippen molar-refractivity contribution in [1.82, 2.24) is 9.78 Å². The molecular weight excluding hydrogens is 330 g/mol. The van der Waals surface area contributed by atoms with Crippen LogP contribution in [0.1, 0.15) is 33.2 Å². The summed E-state index contributed by atoms with van der Waals surface area (Å²) in [6, 6.07) is 14.4. The van der Waals surface area contributed by atoms with Gasteiger partial charge in [-0.1, -0.05) is 24.3 Å². The maximum Gasteiger partial charge on any atom is 0.338 e. The van der Waals surface area contributed by atoms with E-state index in [1.165, 1.54) is 6.20 Å². The summed E-state index contributed by atoms with van der Waals surface area (Å²) < 4.78 is 6.64. The van der Waals surface area contributed by atoms with Crippen molar-refractivity contribution in [3.05, 3.63) is 77.6 Å². The molecule has 0 bridgehead atoms. The minimum absolute atomic E-state index is 0.299.